The Bertz CT molecular complexity index is 432. The van der Waals surface area contributed by atoms with Crippen LogP contribution in [0.2, 0.25) is 0 Å². The molecule has 0 aromatic heterocycles. The van der Waals surface area contributed by atoms with Crippen LogP contribution in [0.25, 0.3) is 0 Å². The molecule has 104 valence electrons. The van der Waals surface area contributed by atoms with E-state index in [0.717, 1.165) is 5.56 Å². The number of ether oxygens (including phenoxy) is 1. The molecule has 0 atom stereocenters. The number of carbonyl (C=O) groups excluding carboxylic acids is 1. The molecule has 0 saturated carbocycles. The average Bonchev–Trinajstić information content (AvgIpc) is 2.42. The summed E-state index contributed by atoms with van der Waals surface area (Å²) in [5.74, 6) is -0.203. The minimum atomic E-state index is -0.615. The Hall–Kier alpha value is -1.39. The van der Waals surface area contributed by atoms with Crippen LogP contribution in [0.4, 0.5) is 0 Å². The van der Waals surface area contributed by atoms with Crippen molar-refractivity contribution in [3.05, 3.63) is 41.1 Å². The Morgan fingerprint density at radius 3 is 2.42 bits per heavy atom. The number of hydrogen-bond donors (Lipinski definition) is 0. The highest BCUT2D eigenvalue weighted by Gasteiger charge is 2.42. The molecule has 4 heteroatoms. The smallest absolute Gasteiger partial charge is 0.306 e. The van der Waals surface area contributed by atoms with Gasteiger partial charge in [0.25, 0.3) is 0 Å². The molecule has 1 aromatic rings. The standard InChI is InChI=1S/C15H21NO3/c1-3-14(17)19-15(13-7-5-4-6-8-13)9-11-16(2,18)12-10-15/h4-8H,3,9-12H2,1-2H3. The van der Waals surface area contributed by atoms with E-state index >= 15 is 0 Å². The molecular formula is C15H21NO3. The zero-order valence-electron chi connectivity index (χ0n) is 11.6. The van der Waals surface area contributed by atoms with Crippen LogP contribution in [0, 0.1) is 5.21 Å². The van der Waals surface area contributed by atoms with Gasteiger partial charge in [-0.25, -0.2) is 0 Å². The number of piperidine rings is 1. The maximum atomic E-state index is 12.0. The van der Waals surface area contributed by atoms with Crippen molar-refractivity contribution in [1.82, 2.24) is 0 Å². The van der Waals surface area contributed by atoms with Crippen LogP contribution < -0.4 is 0 Å². The Labute approximate surface area is 114 Å². The van der Waals surface area contributed by atoms with Crippen LogP contribution in [-0.2, 0) is 15.1 Å². The van der Waals surface area contributed by atoms with Gasteiger partial charge in [-0.1, -0.05) is 37.3 Å². The van der Waals surface area contributed by atoms with Crippen molar-refractivity contribution in [2.75, 3.05) is 20.1 Å². The third-order valence-electron chi connectivity index (χ3n) is 3.88. The van der Waals surface area contributed by atoms with Crippen LogP contribution in [0.3, 0.4) is 0 Å². The van der Waals surface area contributed by atoms with Crippen molar-refractivity contribution in [3.8, 4) is 0 Å². The van der Waals surface area contributed by atoms with E-state index in [0.29, 0.717) is 32.4 Å². The first-order chi connectivity index (χ1) is 8.97. The van der Waals surface area contributed by atoms with Gasteiger partial charge >= 0.3 is 5.97 Å². The summed E-state index contributed by atoms with van der Waals surface area (Å²) in [4.78, 5) is 11.7. The number of hydrogen-bond acceptors (Lipinski definition) is 3. The Morgan fingerprint density at radius 1 is 1.32 bits per heavy atom. The van der Waals surface area contributed by atoms with E-state index < -0.39 is 5.60 Å². The van der Waals surface area contributed by atoms with Crippen LogP contribution in [-0.4, -0.2) is 30.8 Å². The lowest BCUT2D eigenvalue weighted by Gasteiger charge is -2.48. The zero-order valence-corrected chi connectivity index (χ0v) is 11.6. The van der Waals surface area contributed by atoms with Gasteiger partial charge in [0.15, 0.2) is 0 Å². The molecule has 0 bridgehead atoms. The normalized spacial score (nSPS) is 30.9. The highest BCUT2D eigenvalue weighted by atomic mass is 16.6. The lowest BCUT2D eigenvalue weighted by Crippen LogP contribution is -2.51. The van der Waals surface area contributed by atoms with E-state index in [2.05, 4.69) is 0 Å². The molecule has 0 radical (unpaired) electrons. The van der Waals surface area contributed by atoms with Crippen LogP contribution in [0.5, 0.6) is 0 Å². The van der Waals surface area contributed by atoms with Crippen LogP contribution in [0.15, 0.2) is 30.3 Å². The quantitative estimate of drug-likeness (QED) is 0.478. The lowest BCUT2D eigenvalue weighted by molar-refractivity contribution is -0.868. The summed E-state index contributed by atoms with van der Waals surface area (Å²) in [7, 11) is 1.68. The predicted octanol–water partition coefficient (Wildman–Crippen LogP) is 2.57. The molecule has 1 fully saturated rings. The molecule has 0 unspecified atom stereocenters. The van der Waals surface area contributed by atoms with E-state index in [1.165, 1.54) is 0 Å². The summed E-state index contributed by atoms with van der Waals surface area (Å²) in [6, 6.07) is 9.77. The summed E-state index contributed by atoms with van der Waals surface area (Å²) in [6.45, 7) is 2.75. The fourth-order valence-corrected chi connectivity index (χ4v) is 2.55. The lowest BCUT2D eigenvalue weighted by atomic mass is 9.84. The SMILES string of the molecule is CCC(=O)OC1(c2ccccc2)CC[N+](C)([O-])CC1. The molecule has 19 heavy (non-hydrogen) atoms. The molecule has 1 saturated heterocycles. The van der Waals surface area contributed by atoms with Gasteiger partial charge in [0.05, 0.1) is 20.1 Å². The van der Waals surface area contributed by atoms with Crippen LogP contribution in [0.1, 0.15) is 31.7 Å². The fourth-order valence-electron chi connectivity index (χ4n) is 2.55. The maximum Gasteiger partial charge on any atom is 0.306 e. The number of quaternary nitrogens is 1. The largest absolute Gasteiger partial charge is 0.633 e. The third kappa shape index (κ3) is 3.14. The summed E-state index contributed by atoms with van der Waals surface area (Å²) in [6.07, 6.45) is 1.53. The van der Waals surface area contributed by atoms with Crippen molar-refractivity contribution in [1.29, 1.82) is 0 Å². The van der Waals surface area contributed by atoms with E-state index in [-0.39, 0.29) is 10.6 Å². The van der Waals surface area contributed by atoms with Crippen molar-refractivity contribution in [3.63, 3.8) is 0 Å². The van der Waals surface area contributed by atoms with Gasteiger partial charge in [-0.15, -0.1) is 0 Å². The Morgan fingerprint density at radius 2 is 1.89 bits per heavy atom. The number of nitrogens with zero attached hydrogens (tertiary/aromatic N) is 1. The van der Waals surface area contributed by atoms with E-state index in [1.807, 2.05) is 30.3 Å². The number of carbonyl (C=O) groups is 1. The summed E-state index contributed by atoms with van der Waals surface area (Å²) in [5.41, 5.74) is 0.382. The van der Waals surface area contributed by atoms with Gasteiger partial charge in [-0.05, 0) is 5.56 Å². The zero-order chi connectivity index (χ0) is 13.9. The minimum absolute atomic E-state index is 0.203. The molecule has 0 amide bonds. The first-order valence-electron chi connectivity index (χ1n) is 6.80. The van der Waals surface area contributed by atoms with E-state index in [1.54, 1.807) is 14.0 Å². The van der Waals surface area contributed by atoms with Crippen LogP contribution >= 0.6 is 0 Å². The number of esters is 1. The van der Waals surface area contributed by atoms with Crippen molar-refractivity contribution < 1.29 is 14.2 Å². The molecule has 0 aliphatic carbocycles. The summed E-state index contributed by atoms with van der Waals surface area (Å²) >= 11 is 0. The molecule has 1 aromatic carbocycles. The maximum absolute atomic E-state index is 12.0. The second kappa shape index (κ2) is 5.31. The number of rotatable bonds is 3. The molecule has 1 heterocycles. The molecule has 0 N–H and O–H groups in total. The van der Waals surface area contributed by atoms with Gasteiger partial charge in [0, 0.05) is 19.3 Å². The third-order valence-corrected chi connectivity index (χ3v) is 3.88. The van der Waals surface area contributed by atoms with Gasteiger partial charge in [-0.3, -0.25) is 4.79 Å². The molecule has 1 aliphatic rings. The number of benzene rings is 1. The summed E-state index contributed by atoms with van der Waals surface area (Å²) < 4.78 is 5.47. The van der Waals surface area contributed by atoms with Crippen molar-refractivity contribution in [2.45, 2.75) is 31.8 Å². The van der Waals surface area contributed by atoms with Crippen molar-refractivity contribution >= 4 is 5.97 Å². The second-order valence-corrected chi connectivity index (χ2v) is 5.43. The second-order valence-electron chi connectivity index (χ2n) is 5.43. The molecular weight excluding hydrogens is 242 g/mol. The summed E-state index contributed by atoms with van der Waals surface area (Å²) in [5, 5.41) is 12.0. The molecule has 1 aliphatic heterocycles. The molecule has 2 rings (SSSR count). The first-order valence-corrected chi connectivity index (χ1v) is 6.80. The van der Waals surface area contributed by atoms with Gasteiger partial charge < -0.3 is 14.6 Å². The number of hydroxylamine groups is 3. The first kappa shape index (κ1) is 14.0. The van der Waals surface area contributed by atoms with Gasteiger partial charge in [0.1, 0.15) is 5.60 Å². The Kier molecular flexibility index (Phi) is 3.92. The van der Waals surface area contributed by atoms with Gasteiger partial charge in [-0.2, -0.15) is 0 Å². The molecule has 0 spiro atoms. The highest BCUT2D eigenvalue weighted by Crippen LogP contribution is 2.38. The highest BCUT2D eigenvalue weighted by molar-refractivity contribution is 5.69. The van der Waals surface area contributed by atoms with Crippen molar-refractivity contribution in [2.24, 2.45) is 0 Å². The van der Waals surface area contributed by atoms with E-state index in [4.69, 9.17) is 4.74 Å². The van der Waals surface area contributed by atoms with E-state index in [9.17, 15) is 10.0 Å². The molecule has 4 nitrogen and oxygen atoms in total. The number of likely N-dealkylation sites (tertiary alicyclic amines) is 1. The monoisotopic (exact) mass is 263 g/mol. The Balaban J connectivity index is 2.27. The fraction of sp³-hybridized carbons (Fsp3) is 0.533. The van der Waals surface area contributed by atoms with Gasteiger partial charge in [0.2, 0.25) is 0 Å². The topological polar surface area (TPSA) is 49.4 Å². The minimum Gasteiger partial charge on any atom is -0.633 e. The predicted molar refractivity (Wildman–Crippen MR) is 73.0 cm³/mol. The average molecular weight is 263 g/mol.